The quantitative estimate of drug-likeness (QED) is 0.815. The molecule has 0 unspecified atom stereocenters. The largest absolute Gasteiger partial charge is 0.326 e. The van der Waals surface area contributed by atoms with Crippen LogP contribution in [0.3, 0.4) is 0 Å². The third-order valence-electron chi connectivity index (χ3n) is 3.24. The van der Waals surface area contributed by atoms with Crippen LogP contribution in [0.1, 0.15) is 11.1 Å². The van der Waals surface area contributed by atoms with Gasteiger partial charge < -0.3 is 5.32 Å². The molecule has 0 aromatic heterocycles. The van der Waals surface area contributed by atoms with Gasteiger partial charge in [0, 0.05) is 11.3 Å². The number of rotatable bonds is 1. The van der Waals surface area contributed by atoms with E-state index in [4.69, 9.17) is 0 Å². The highest BCUT2D eigenvalue weighted by Crippen LogP contribution is 2.32. The second-order valence-electron chi connectivity index (χ2n) is 4.53. The summed E-state index contributed by atoms with van der Waals surface area (Å²) in [5.74, 6) is -0.236. The molecule has 2 aromatic carbocycles. The van der Waals surface area contributed by atoms with Crippen molar-refractivity contribution >= 4 is 11.6 Å². The highest BCUT2D eigenvalue weighted by Gasteiger charge is 2.18. The van der Waals surface area contributed by atoms with Crippen molar-refractivity contribution < 1.29 is 9.18 Å². The number of halogens is 1. The van der Waals surface area contributed by atoms with E-state index in [1.165, 1.54) is 6.07 Å². The van der Waals surface area contributed by atoms with Crippen LogP contribution in [0.5, 0.6) is 0 Å². The third kappa shape index (κ3) is 1.68. The summed E-state index contributed by atoms with van der Waals surface area (Å²) < 4.78 is 13.9. The van der Waals surface area contributed by atoms with E-state index >= 15 is 0 Å². The predicted octanol–water partition coefficient (Wildman–Crippen LogP) is 3.30. The van der Waals surface area contributed by atoms with Gasteiger partial charge in [-0.3, -0.25) is 4.79 Å². The molecule has 90 valence electrons. The van der Waals surface area contributed by atoms with Crippen LogP contribution in [0.2, 0.25) is 0 Å². The molecule has 0 saturated heterocycles. The molecule has 0 aliphatic carbocycles. The van der Waals surface area contributed by atoms with Gasteiger partial charge >= 0.3 is 0 Å². The summed E-state index contributed by atoms with van der Waals surface area (Å²) in [6, 6.07) is 10.6. The summed E-state index contributed by atoms with van der Waals surface area (Å²) in [7, 11) is 0. The number of fused-ring (bicyclic) bond motifs is 1. The van der Waals surface area contributed by atoms with Crippen LogP contribution in [0.4, 0.5) is 10.1 Å². The van der Waals surface area contributed by atoms with Crippen LogP contribution in [-0.2, 0) is 11.2 Å². The Bertz CT molecular complexity index is 629. The molecular formula is C15H12FNO. The molecule has 1 heterocycles. The Morgan fingerprint density at radius 1 is 1.22 bits per heavy atom. The number of carbonyl (C=O) groups is 1. The van der Waals surface area contributed by atoms with Gasteiger partial charge in [-0.2, -0.15) is 0 Å². The van der Waals surface area contributed by atoms with Crippen molar-refractivity contribution in [2.24, 2.45) is 0 Å². The fourth-order valence-electron chi connectivity index (χ4n) is 2.38. The van der Waals surface area contributed by atoms with Crippen molar-refractivity contribution in [3.8, 4) is 11.1 Å². The number of anilines is 1. The maximum Gasteiger partial charge on any atom is 0.228 e. The summed E-state index contributed by atoms with van der Waals surface area (Å²) in [5.41, 5.74) is 4.09. The van der Waals surface area contributed by atoms with Crippen LogP contribution >= 0.6 is 0 Å². The van der Waals surface area contributed by atoms with Gasteiger partial charge in [-0.05, 0) is 41.8 Å². The fraction of sp³-hybridized carbons (Fsp3) is 0.133. The third-order valence-corrected chi connectivity index (χ3v) is 3.24. The van der Waals surface area contributed by atoms with Gasteiger partial charge in [0.25, 0.3) is 0 Å². The molecule has 2 aromatic rings. The number of carbonyl (C=O) groups excluding carboxylic acids is 1. The summed E-state index contributed by atoms with van der Waals surface area (Å²) in [6.07, 6.45) is 0.372. The van der Waals surface area contributed by atoms with Gasteiger partial charge in [0.2, 0.25) is 5.91 Å². The number of benzene rings is 2. The van der Waals surface area contributed by atoms with E-state index in [1.807, 2.05) is 31.2 Å². The van der Waals surface area contributed by atoms with Crippen molar-refractivity contribution in [3.63, 3.8) is 0 Å². The molecule has 3 heteroatoms. The second kappa shape index (κ2) is 3.95. The average molecular weight is 241 g/mol. The highest BCUT2D eigenvalue weighted by molar-refractivity contribution is 5.99. The van der Waals surface area contributed by atoms with Crippen molar-refractivity contribution in [1.82, 2.24) is 0 Å². The number of hydrogen-bond acceptors (Lipinski definition) is 1. The first kappa shape index (κ1) is 11.0. The molecule has 0 bridgehead atoms. The first-order valence-corrected chi connectivity index (χ1v) is 5.83. The number of aryl methyl sites for hydroxylation is 1. The Kier molecular flexibility index (Phi) is 2.40. The zero-order chi connectivity index (χ0) is 12.7. The molecule has 0 fully saturated rings. The van der Waals surface area contributed by atoms with E-state index in [1.54, 1.807) is 6.07 Å². The first-order chi connectivity index (χ1) is 8.65. The van der Waals surface area contributed by atoms with Gasteiger partial charge in [-0.25, -0.2) is 4.39 Å². The van der Waals surface area contributed by atoms with Crippen LogP contribution in [0, 0.1) is 12.7 Å². The van der Waals surface area contributed by atoms with Crippen LogP contribution in [0.15, 0.2) is 36.4 Å². The topological polar surface area (TPSA) is 29.1 Å². The number of hydrogen-bond donors (Lipinski definition) is 1. The minimum absolute atomic E-state index is 0.00703. The normalized spacial score (nSPS) is 13.3. The van der Waals surface area contributed by atoms with E-state index in [0.29, 0.717) is 12.0 Å². The number of amides is 1. The molecule has 0 saturated carbocycles. The monoisotopic (exact) mass is 241 g/mol. The Morgan fingerprint density at radius 3 is 2.83 bits per heavy atom. The van der Waals surface area contributed by atoms with Crippen molar-refractivity contribution in [2.45, 2.75) is 13.3 Å². The van der Waals surface area contributed by atoms with Gasteiger partial charge in [0.05, 0.1) is 6.42 Å². The van der Waals surface area contributed by atoms with E-state index in [-0.39, 0.29) is 11.7 Å². The van der Waals surface area contributed by atoms with Crippen LogP contribution < -0.4 is 5.32 Å². The zero-order valence-corrected chi connectivity index (χ0v) is 9.96. The van der Waals surface area contributed by atoms with E-state index < -0.39 is 0 Å². The second-order valence-corrected chi connectivity index (χ2v) is 4.53. The Labute approximate surface area is 104 Å². The van der Waals surface area contributed by atoms with Gasteiger partial charge in [-0.1, -0.05) is 18.2 Å². The number of nitrogens with one attached hydrogen (secondary N) is 1. The molecular weight excluding hydrogens is 229 g/mol. The van der Waals surface area contributed by atoms with Crippen LogP contribution in [0.25, 0.3) is 11.1 Å². The lowest BCUT2D eigenvalue weighted by atomic mass is 9.97. The van der Waals surface area contributed by atoms with E-state index in [2.05, 4.69) is 5.32 Å². The molecule has 0 radical (unpaired) electrons. The lowest BCUT2D eigenvalue weighted by Gasteiger charge is -2.09. The van der Waals surface area contributed by atoms with E-state index in [9.17, 15) is 9.18 Å². The molecule has 1 aliphatic heterocycles. The fourth-order valence-corrected chi connectivity index (χ4v) is 2.38. The summed E-state index contributed by atoms with van der Waals surface area (Å²) >= 11 is 0. The SMILES string of the molecule is Cc1cccc(F)c1-c1ccc2c(c1)CC(=O)N2. The van der Waals surface area contributed by atoms with E-state index in [0.717, 1.165) is 22.4 Å². The minimum atomic E-state index is -0.229. The molecule has 1 N–H and O–H groups in total. The van der Waals surface area contributed by atoms with Gasteiger partial charge in [0.15, 0.2) is 0 Å². The predicted molar refractivity (Wildman–Crippen MR) is 68.9 cm³/mol. The maximum atomic E-state index is 13.9. The molecule has 0 spiro atoms. The lowest BCUT2D eigenvalue weighted by Crippen LogP contribution is -2.03. The van der Waals surface area contributed by atoms with Gasteiger partial charge in [-0.15, -0.1) is 0 Å². The summed E-state index contributed by atoms with van der Waals surface area (Å²) in [6.45, 7) is 1.88. The first-order valence-electron chi connectivity index (χ1n) is 5.83. The maximum absolute atomic E-state index is 13.9. The molecule has 18 heavy (non-hydrogen) atoms. The molecule has 2 nitrogen and oxygen atoms in total. The average Bonchev–Trinajstić information content (AvgIpc) is 2.68. The Balaban J connectivity index is 2.14. The van der Waals surface area contributed by atoms with Crippen molar-refractivity contribution in [2.75, 3.05) is 5.32 Å². The van der Waals surface area contributed by atoms with Crippen molar-refractivity contribution in [1.29, 1.82) is 0 Å². The van der Waals surface area contributed by atoms with Crippen LogP contribution in [-0.4, -0.2) is 5.91 Å². The molecule has 1 aliphatic rings. The van der Waals surface area contributed by atoms with Crippen molar-refractivity contribution in [3.05, 3.63) is 53.3 Å². The Hall–Kier alpha value is -2.16. The minimum Gasteiger partial charge on any atom is -0.326 e. The summed E-state index contributed by atoms with van der Waals surface area (Å²) in [5, 5.41) is 2.77. The zero-order valence-electron chi connectivity index (χ0n) is 9.96. The standard InChI is InChI=1S/C15H12FNO/c1-9-3-2-4-12(16)15(9)10-5-6-13-11(7-10)8-14(18)17-13/h2-7H,8H2,1H3,(H,17,18). The lowest BCUT2D eigenvalue weighted by molar-refractivity contribution is -0.115. The summed E-state index contributed by atoms with van der Waals surface area (Å²) in [4.78, 5) is 11.3. The molecule has 3 rings (SSSR count). The smallest absolute Gasteiger partial charge is 0.228 e. The molecule has 0 atom stereocenters. The van der Waals surface area contributed by atoms with Gasteiger partial charge in [0.1, 0.15) is 5.82 Å². The highest BCUT2D eigenvalue weighted by atomic mass is 19.1. The molecule has 1 amide bonds. The Morgan fingerprint density at radius 2 is 2.06 bits per heavy atom.